The van der Waals surface area contributed by atoms with Gasteiger partial charge in [0, 0.05) is 11.8 Å². The molecule has 25 heavy (non-hydrogen) atoms. The summed E-state index contributed by atoms with van der Waals surface area (Å²) in [7, 11) is -3.50. The molecule has 0 atom stereocenters. The summed E-state index contributed by atoms with van der Waals surface area (Å²) < 4.78 is 27.3. The van der Waals surface area contributed by atoms with E-state index in [1.54, 1.807) is 12.1 Å². The minimum absolute atomic E-state index is 0.0909. The molecule has 11 heteroatoms. The average molecular weight is 382 g/mol. The Kier molecular flexibility index (Phi) is 4.31. The first-order valence-corrected chi connectivity index (χ1v) is 9.13. The van der Waals surface area contributed by atoms with Crippen molar-refractivity contribution in [1.82, 2.24) is 14.6 Å². The maximum atomic E-state index is 11.8. The van der Waals surface area contributed by atoms with Crippen molar-refractivity contribution in [3.05, 3.63) is 51.8 Å². The first-order valence-electron chi connectivity index (χ1n) is 7.10. The van der Waals surface area contributed by atoms with Crippen LogP contribution in [0.4, 0.5) is 11.4 Å². The highest BCUT2D eigenvalue weighted by molar-refractivity contribution is 7.92. The third kappa shape index (κ3) is 3.26. The summed E-state index contributed by atoms with van der Waals surface area (Å²) in [5.41, 5.74) is 1.17. The summed E-state index contributed by atoms with van der Waals surface area (Å²) in [6.07, 6.45) is 2.53. The molecular formula is C14H12ClN5O4S. The number of rotatable bonds is 5. The molecule has 0 aliphatic carbocycles. The van der Waals surface area contributed by atoms with E-state index in [-0.39, 0.29) is 27.8 Å². The fourth-order valence-corrected chi connectivity index (χ4v) is 3.10. The summed E-state index contributed by atoms with van der Waals surface area (Å²) in [6, 6.07) is 6.35. The van der Waals surface area contributed by atoms with E-state index in [1.807, 2.05) is 0 Å². The molecule has 0 spiro atoms. The van der Waals surface area contributed by atoms with Crippen LogP contribution in [-0.2, 0) is 10.0 Å². The van der Waals surface area contributed by atoms with Crippen molar-refractivity contribution in [2.45, 2.75) is 6.92 Å². The molecule has 0 saturated carbocycles. The lowest BCUT2D eigenvalue weighted by Gasteiger charge is -2.11. The van der Waals surface area contributed by atoms with E-state index >= 15 is 0 Å². The van der Waals surface area contributed by atoms with E-state index < -0.39 is 14.9 Å². The molecular weight excluding hydrogens is 370 g/mol. The second kappa shape index (κ2) is 6.30. The minimum Gasteiger partial charge on any atom is -0.282 e. The number of nitro groups is 1. The highest BCUT2D eigenvalue weighted by atomic mass is 35.5. The molecule has 0 unspecified atom stereocenters. The standard InChI is InChI=1S/C14H12ClN5O4S/c1-2-25(23,24)18-11-7-9(3-4-10(11)15)12-5-6-16-14-13(20(21)22)8-17-19(12)14/h3-8,18H,2H2,1H3. The molecule has 3 aromatic rings. The van der Waals surface area contributed by atoms with Crippen LogP contribution in [0.5, 0.6) is 0 Å². The first-order chi connectivity index (χ1) is 11.8. The Balaban J connectivity index is 2.14. The molecule has 0 fully saturated rings. The number of aromatic nitrogens is 3. The zero-order valence-electron chi connectivity index (χ0n) is 12.9. The van der Waals surface area contributed by atoms with Crippen molar-refractivity contribution >= 4 is 38.6 Å². The number of hydrogen-bond acceptors (Lipinski definition) is 6. The van der Waals surface area contributed by atoms with Gasteiger partial charge in [-0.25, -0.2) is 17.9 Å². The van der Waals surface area contributed by atoms with E-state index in [0.717, 1.165) is 6.20 Å². The number of nitrogens with zero attached hydrogens (tertiary/aromatic N) is 4. The number of fused-ring (bicyclic) bond motifs is 1. The second-order valence-corrected chi connectivity index (χ2v) is 7.47. The number of benzene rings is 1. The predicted molar refractivity (Wildman–Crippen MR) is 93.2 cm³/mol. The van der Waals surface area contributed by atoms with Crippen molar-refractivity contribution in [1.29, 1.82) is 0 Å². The quantitative estimate of drug-likeness (QED) is 0.536. The van der Waals surface area contributed by atoms with Gasteiger partial charge in [0.15, 0.2) is 0 Å². The number of anilines is 1. The lowest BCUT2D eigenvalue weighted by molar-refractivity contribution is -0.383. The van der Waals surface area contributed by atoms with Crippen LogP contribution in [0.1, 0.15) is 6.92 Å². The number of halogens is 1. The van der Waals surface area contributed by atoms with Gasteiger partial charge in [-0.05, 0) is 25.1 Å². The summed E-state index contributed by atoms with van der Waals surface area (Å²) >= 11 is 6.06. The molecule has 2 aromatic heterocycles. The van der Waals surface area contributed by atoms with Crippen LogP contribution < -0.4 is 4.72 Å². The summed E-state index contributed by atoms with van der Waals surface area (Å²) in [5.74, 6) is -0.0988. The molecule has 0 radical (unpaired) electrons. The molecule has 3 rings (SSSR count). The number of sulfonamides is 1. The van der Waals surface area contributed by atoms with Crippen LogP contribution in [0, 0.1) is 10.1 Å². The maximum Gasteiger partial charge on any atom is 0.333 e. The average Bonchev–Trinajstić information content (AvgIpc) is 3.01. The Labute approximate surface area is 147 Å². The van der Waals surface area contributed by atoms with Gasteiger partial charge in [0.1, 0.15) is 6.20 Å². The van der Waals surface area contributed by atoms with Crippen molar-refractivity contribution < 1.29 is 13.3 Å². The molecule has 2 heterocycles. The first kappa shape index (κ1) is 17.1. The van der Waals surface area contributed by atoms with E-state index in [0.29, 0.717) is 11.3 Å². The Morgan fingerprint density at radius 1 is 1.36 bits per heavy atom. The maximum absolute atomic E-state index is 11.8. The van der Waals surface area contributed by atoms with Gasteiger partial charge in [-0.2, -0.15) is 5.10 Å². The van der Waals surface area contributed by atoms with Gasteiger partial charge in [0.05, 0.1) is 27.1 Å². The molecule has 0 aliphatic rings. The van der Waals surface area contributed by atoms with Crippen LogP contribution in [0.2, 0.25) is 5.02 Å². The van der Waals surface area contributed by atoms with Gasteiger partial charge >= 0.3 is 5.69 Å². The summed E-state index contributed by atoms with van der Waals surface area (Å²) in [4.78, 5) is 14.4. The summed E-state index contributed by atoms with van der Waals surface area (Å²) in [5, 5.41) is 15.3. The van der Waals surface area contributed by atoms with Gasteiger partial charge in [-0.15, -0.1) is 0 Å². The monoisotopic (exact) mass is 381 g/mol. The molecule has 0 bridgehead atoms. The Hall–Kier alpha value is -2.72. The van der Waals surface area contributed by atoms with Gasteiger partial charge in [0.25, 0.3) is 0 Å². The molecule has 130 valence electrons. The molecule has 1 N–H and O–H groups in total. The predicted octanol–water partition coefficient (Wildman–Crippen LogP) is 2.72. The number of hydrogen-bond donors (Lipinski definition) is 1. The molecule has 0 amide bonds. The van der Waals surface area contributed by atoms with Crippen LogP contribution in [0.15, 0.2) is 36.7 Å². The zero-order valence-corrected chi connectivity index (χ0v) is 14.5. The topological polar surface area (TPSA) is 120 Å². The SMILES string of the molecule is CCS(=O)(=O)Nc1cc(-c2ccnc3c([N+](=O)[O-])cnn23)ccc1Cl. The highest BCUT2D eigenvalue weighted by Crippen LogP contribution is 2.30. The van der Waals surface area contributed by atoms with Gasteiger partial charge in [0.2, 0.25) is 15.7 Å². The highest BCUT2D eigenvalue weighted by Gasteiger charge is 2.19. The van der Waals surface area contributed by atoms with Crippen molar-refractivity contribution in [2.24, 2.45) is 0 Å². The largest absolute Gasteiger partial charge is 0.333 e. The van der Waals surface area contributed by atoms with Crippen LogP contribution >= 0.6 is 11.6 Å². The normalized spacial score (nSPS) is 11.6. The van der Waals surface area contributed by atoms with Crippen molar-refractivity contribution in [2.75, 3.05) is 10.5 Å². The van der Waals surface area contributed by atoms with Gasteiger partial charge in [-0.1, -0.05) is 17.7 Å². The van der Waals surface area contributed by atoms with E-state index in [4.69, 9.17) is 11.6 Å². The minimum atomic E-state index is -3.50. The second-order valence-electron chi connectivity index (χ2n) is 5.05. The Morgan fingerprint density at radius 2 is 2.12 bits per heavy atom. The van der Waals surface area contributed by atoms with Gasteiger partial charge < -0.3 is 0 Å². The van der Waals surface area contributed by atoms with Gasteiger partial charge in [-0.3, -0.25) is 14.8 Å². The van der Waals surface area contributed by atoms with Crippen LogP contribution in [-0.4, -0.2) is 33.7 Å². The molecule has 1 aromatic carbocycles. The van der Waals surface area contributed by atoms with Crippen molar-refractivity contribution in [3.63, 3.8) is 0 Å². The molecule has 9 nitrogen and oxygen atoms in total. The zero-order chi connectivity index (χ0) is 18.2. The Bertz CT molecular complexity index is 1080. The van der Waals surface area contributed by atoms with E-state index in [1.165, 1.54) is 29.8 Å². The molecule has 0 aliphatic heterocycles. The fourth-order valence-electron chi connectivity index (χ4n) is 2.23. The van der Waals surface area contributed by atoms with E-state index in [2.05, 4.69) is 14.8 Å². The molecule has 0 saturated heterocycles. The van der Waals surface area contributed by atoms with E-state index in [9.17, 15) is 18.5 Å². The smallest absolute Gasteiger partial charge is 0.282 e. The third-order valence-electron chi connectivity index (χ3n) is 3.49. The number of nitrogens with one attached hydrogen (secondary N) is 1. The lowest BCUT2D eigenvalue weighted by Crippen LogP contribution is -2.15. The lowest BCUT2D eigenvalue weighted by atomic mass is 10.1. The fraction of sp³-hybridized carbons (Fsp3) is 0.143. The van der Waals surface area contributed by atoms with Crippen molar-refractivity contribution in [3.8, 4) is 11.3 Å². The third-order valence-corrected chi connectivity index (χ3v) is 5.11. The van der Waals surface area contributed by atoms with Crippen LogP contribution in [0.3, 0.4) is 0 Å². The summed E-state index contributed by atoms with van der Waals surface area (Å²) in [6.45, 7) is 1.51. The Morgan fingerprint density at radius 3 is 2.80 bits per heavy atom. The van der Waals surface area contributed by atoms with Crippen LogP contribution in [0.25, 0.3) is 16.9 Å².